The Labute approximate surface area is 159 Å². The van der Waals surface area contributed by atoms with Crippen LogP contribution < -0.4 is 14.8 Å². The molecule has 0 saturated carbocycles. The largest absolute Gasteiger partial charge is 0.497 e. The van der Waals surface area contributed by atoms with Crippen molar-refractivity contribution in [2.24, 2.45) is 0 Å². The van der Waals surface area contributed by atoms with Crippen LogP contribution in [0, 0.1) is 0 Å². The molecular weight excluding hydrogens is 376 g/mol. The first-order valence-electron chi connectivity index (χ1n) is 8.28. The van der Waals surface area contributed by atoms with Crippen LogP contribution in [0.5, 0.6) is 5.75 Å². The first-order valence-corrected chi connectivity index (χ1v) is 9.76. The first kappa shape index (κ1) is 22.7. The number of hydrogen-bond acceptors (Lipinski definition) is 7. The van der Waals surface area contributed by atoms with Crippen LogP contribution in [-0.4, -0.2) is 52.4 Å². The summed E-state index contributed by atoms with van der Waals surface area (Å²) in [5.74, 6) is -0.326. The van der Waals surface area contributed by atoms with Gasteiger partial charge in [0.2, 0.25) is 10.0 Å². The summed E-state index contributed by atoms with van der Waals surface area (Å²) in [6, 6.07) is 4.32. The Hall–Kier alpha value is -2.33. The first-order chi connectivity index (χ1) is 12.5. The van der Waals surface area contributed by atoms with Crippen molar-refractivity contribution >= 4 is 22.1 Å². The summed E-state index contributed by atoms with van der Waals surface area (Å²) in [6.07, 6.45) is -0.777. The highest BCUT2D eigenvalue weighted by molar-refractivity contribution is 7.89. The van der Waals surface area contributed by atoms with E-state index in [9.17, 15) is 18.0 Å². The molecule has 152 valence electrons. The van der Waals surface area contributed by atoms with Gasteiger partial charge in [-0.2, -0.15) is 4.72 Å². The molecule has 9 nitrogen and oxygen atoms in total. The summed E-state index contributed by atoms with van der Waals surface area (Å²) in [4.78, 5) is 23.8. The molecule has 0 bridgehead atoms. The molecule has 1 rings (SSSR count). The number of methoxy groups -OCH3 is 1. The van der Waals surface area contributed by atoms with Crippen LogP contribution in [0.2, 0.25) is 0 Å². The van der Waals surface area contributed by atoms with Crippen molar-refractivity contribution in [2.45, 2.75) is 44.2 Å². The fourth-order valence-corrected chi connectivity index (χ4v) is 3.11. The Morgan fingerprint density at radius 3 is 2.22 bits per heavy atom. The molecule has 0 aliphatic heterocycles. The van der Waals surface area contributed by atoms with Crippen LogP contribution in [0.4, 0.5) is 4.79 Å². The Bertz CT molecular complexity index is 740. The van der Waals surface area contributed by atoms with Gasteiger partial charge in [0.1, 0.15) is 17.4 Å². The Morgan fingerprint density at radius 2 is 1.74 bits per heavy atom. The van der Waals surface area contributed by atoms with Gasteiger partial charge in [0.15, 0.2) is 0 Å². The lowest BCUT2D eigenvalue weighted by atomic mass is 10.2. The Balaban J connectivity index is 2.89. The predicted octanol–water partition coefficient (Wildman–Crippen LogP) is 1.43. The number of hydrogen-bond donors (Lipinski definition) is 2. The summed E-state index contributed by atoms with van der Waals surface area (Å²) < 4.78 is 42.2. The molecule has 0 unspecified atom stereocenters. The minimum absolute atomic E-state index is 0.0603. The molecule has 0 fully saturated rings. The third-order valence-electron chi connectivity index (χ3n) is 3.09. The maximum atomic E-state index is 12.5. The van der Waals surface area contributed by atoms with Crippen molar-refractivity contribution in [3.8, 4) is 5.75 Å². The Morgan fingerprint density at radius 1 is 1.15 bits per heavy atom. The molecule has 27 heavy (non-hydrogen) atoms. The number of esters is 1. The van der Waals surface area contributed by atoms with E-state index in [1.165, 1.54) is 31.4 Å². The average Bonchev–Trinajstić information content (AvgIpc) is 2.57. The van der Waals surface area contributed by atoms with Crippen LogP contribution in [0.15, 0.2) is 29.2 Å². The van der Waals surface area contributed by atoms with Crippen molar-refractivity contribution in [2.75, 3.05) is 20.3 Å². The van der Waals surface area contributed by atoms with E-state index >= 15 is 0 Å². The molecule has 0 aliphatic rings. The van der Waals surface area contributed by atoms with Gasteiger partial charge in [-0.05, 0) is 52.0 Å². The molecule has 0 aromatic heterocycles. The molecule has 0 spiro atoms. The van der Waals surface area contributed by atoms with E-state index < -0.39 is 33.7 Å². The number of carbonyl (C=O) groups is 2. The van der Waals surface area contributed by atoms with Crippen LogP contribution in [-0.2, 0) is 24.3 Å². The van der Waals surface area contributed by atoms with Crippen LogP contribution in [0.3, 0.4) is 0 Å². The lowest BCUT2D eigenvalue weighted by Gasteiger charge is -2.22. The van der Waals surface area contributed by atoms with Crippen LogP contribution in [0.1, 0.15) is 27.7 Å². The molecular formula is C17H26N2O7S. The number of carbonyl (C=O) groups excluding carboxylic acids is 2. The SMILES string of the molecule is CCOC(=O)[C@H](CNC(=O)OC(C)(C)C)NS(=O)(=O)c1ccc(OC)cc1. The van der Waals surface area contributed by atoms with Gasteiger partial charge < -0.3 is 19.5 Å². The second kappa shape index (κ2) is 9.56. The number of amides is 1. The number of sulfonamides is 1. The summed E-state index contributed by atoms with van der Waals surface area (Å²) >= 11 is 0. The standard InChI is InChI=1S/C17H26N2O7S/c1-6-25-15(20)14(11-18-16(21)26-17(2,3)4)19-27(22,23)13-9-7-12(24-5)8-10-13/h7-10,14,19H,6,11H2,1-5H3,(H,18,21)/t14-/m0/s1. The van der Waals surface area contributed by atoms with Gasteiger partial charge in [0.25, 0.3) is 0 Å². The van der Waals surface area contributed by atoms with Crippen LogP contribution in [0.25, 0.3) is 0 Å². The topological polar surface area (TPSA) is 120 Å². The van der Waals surface area contributed by atoms with Gasteiger partial charge >= 0.3 is 12.1 Å². The van der Waals surface area contributed by atoms with Gasteiger partial charge in [-0.3, -0.25) is 4.79 Å². The van der Waals surface area contributed by atoms with Gasteiger partial charge in [-0.1, -0.05) is 0 Å². The van der Waals surface area contributed by atoms with Crippen molar-refractivity contribution < 1.29 is 32.2 Å². The highest BCUT2D eigenvalue weighted by Gasteiger charge is 2.28. The van der Waals surface area contributed by atoms with Crippen molar-refractivity contribution in [1.29, 1.82) is 0 Å². The van der Waals surface area contributed by atoms with Crippen LogP contribution >= 0.6 is 0 Å². The molecule has 0 aliphatic carbocycles. The van der Waals surface area contributed by atoms with E-state index in [1.54, 1.807) is 27.7 Å². The minimum Gasteiger partial charge on any atom is -0.497 e. The highest BCUT2D eigenvalue weighted by atomic mass is 32.2. The van der Waals surface area contributed by atoms with E-state index in [0.29, 0.717) is 5.75 Å². The van der Waals surface area contributed by atoms with E-state index in [2.05, 4.69) is 10.0 Å². The molecule has 2 N–H and O–H groups in total. The van der Waals surface area contributed by atoms with Crippen molar-refractivity contribution in [3.05, 3.63) is 24.3 Å². The number of rotatable bonds is 8. The average molecular weight is 402 g/mol. The number of alkyl carbamates (subject to hydrolysis) is 1. The van der Waals surface area contributed by atoms with Gasteiger partial charge in [0, 0.05) is 6.54 Å². The second-order valence-corrected chi connectivity index (χ2v) is 8.20. The van der Waals surface area contributed by atoms with Gasteiger partial charge in [0.05, 0.1) is 18.6 Å². The monoisotopic (exact) mass is 402 g/mol. The number of ether oxygens (including phenoxy) is 3. The van der Waals surface area contributed by atoms with Crippen molar-refractivity contribution in [1.82, 2.24) is 10.0 Å². The lowest BCUT2D eigenvalue weighted by Crippen LogP contribution is -2.49. The minimum atomic E-state index is -4.03. The Kier molecular flexibility index (Phi) is 8.04. The third-order valence-corrected chi connectivity index (χ3v) is 4.58. The lowest BCUT2D eigenvalue weighted by molar-refractivity contribution is -0.144. The fraction of sp³-hybridized carbons (Fsp3) is 0.529. The van der Waals surface area contributed by atoms with E-state index in [4.69, 9.17) is 14.2 Å². The third kappa shape index (κ3) is 7.83. The maximum absolute atomic E-state index is 12.5. The van der Waals surface area contributed by atoms with E-state index in [1.807, 2.05) is 0 Å². The molecule has 0 saturated heterocycles. The fourth-order valence-electron chi connectivity index (χ4n) is 1.93. The molecule has 10 heteroatoms. The number of benzene rings is 1. The maximum Gasteiger partial charge on any atom is 0.407 e. The van der Waals surface area contributed by atoms with Gasteiger partial charge in [-0.15, -0.1) is 0 Å². The molecule has 1 aromatic carbocycles. The van der Waals surface area contributed by atoms with E-state index in [-0.39, 0.29) is 18.0 Å². The predicted molar refractivity (Wildman–Crippen MR) is 98.0 cm³/mol. The highest BCUT2D eigenvalue weighted by Crippen LogP contribution is 2.16. The summed E-state index contributed by atoms with van der Waals surface area (Å²) in [7, 11) is -2.57. The number of nitrogens with one attached hydrogen (secondary N) is 2. The quantitative estimate of drug-likeness (QED) is 0.631. The summed E-state index contributed by atoms with van der Waals surface area (Å²) in [6.45, 7) is 6.37. The normalized spacial score (nSPS) is 12.8. The zero-order valence-corrected chi connectivity index (χ0v) is 16.9. The van der Waals surface area contributed by atoms with Crippen molar-refractivity contribution in [3.63, 3.8) is 0 Å². The zero-order valence-electron chi connectivity index (χ0n) is 16.1. The molecule has 0 heterocycles. The molecule has 1 amide bonds. The smallest absolute Gasteiger partial charge is 0.407 e. The molecule has 1 atom stereocenters. The van der Waals surface area contributed by atoms with E-state index in [0.717, 1.165) is 0 Å². The summed E-state index contributed by atoms with van der Waals surface area (Å²) in [5, 5.41) is 2.36. The molecule has 0 radical (unpaired) electrons. The second-order valence-electron chi connectivity index (χ2n) is 6.48. The summed E-state index contributed by atoms with van der Waals surface area (Å²) in [5.41, 5.74) is -0.730. The zero-order chi connectivity index (χ0) is 20.7. The van der Waals surface area contributed by atoms with Gasteiger partial charge in [-0.25, -0.2) is 13.2 Å². The molecule has 1 aromatic rings.